The molecule has 3 heteroatoms. The minimum absolute atomic E-state index is 0.614. The zero-order valence-corrected chi connectivity index (χ0v) is 10.2. The van der Waals surface area contributed by atoms with Gasteiger partial charge in [0, 0.05) is 18.8 Å². The smallest absolute Gasteiger partial charge is 0.128 e. The summed E-state index contributed by atoms with van der Waals surface area (Å²) in [4.78, 5) is 6.93. The van der Waals surface area contributed by atoms with Gasteiger partial charge in [-0.3, -0.25) is 0 Å². The number of aromatic nitrogens is 1. The van der Waals surface area contributed by atoms with Crippen LogP contribution in [0, 0.1) is 5.92 Å². The van der Waals surface area contributed by atoms with Crippen LogP contribution in [0.2, 0.25) is 0 Å². The van der Waals surface area contributed by atoms with E-state index in [0.29, 0.717) is 12.6 Å². The first-order valence-corrected chi connectivity index (χ1v) is 6.12. The summed E-state index contributed by atoms with van der Waals surface area (Å²) in [7, 11) is 0. The van der Waals surface area contributed by atoms with E-state index in [1.54, 1.807) is 0 Å². The maximum Gasteiger partial charge on any atom is 0.128 e. The molecule has 0 saturated carbocycles. The van der Waals surface area contributed by atoms with Gasteiger partial charge in [-0.1, -0.05) is 13.0 Å². The Balaban J connectivity index is 2.09. The second-order valence-corrected chi connectivity index (χ2v) is 4.91. The average molecular weight is 219 g/mol. The second-order valence-electron chi connectivity index (χ2n) is 4.91. The summed E-state index contributed by atoms with van der Waals surface area (Å²) in [6.45, 7) is 6.40. The first kappa shape index (κ1) is 11.4. The summed E-state index contributed by atoms with van der Waals surface area (Å²) >= 11 is 0. The van der Waals surface area contributed by atoms with E-state index < -0.39 is 0 Å². The Morgan fingerprint density at radius 3 is 2.75 bits per heavy atom. The molecule has 3 nitrogen and oxygen atoms in total. The fourth-order valence-corrected chi connectivity index (χ4v) is 2.52. The summed E-state index contributed by atoms with van der Waals surface area (Å²) in [5.41, 5.74) is 6.75. The van der Waals surface area contributed by atoms with Crippen LogP contribution < -0.4 is 10.6 Å². The van der Waals surface area contributed by atoms with Gasteiger partial charge in [-0.15, -0.1) is 0 Å². The summed E-state index contributed by atoms with van der Waals surface area (Å²) in [5, 5.41) is 0. The van der Waals surface area contributed by atoms with Gasteiger partial charge in [0.05, 0.1) is 0 Å². The van der Waals surface area contributed by atoms with Gasteiger partial charge in [-0.2, -0.15) is 0 Å². The molecule has 2 N–H and O–H groups in total. The van der Waals surface area contributed by atoms with Crippen molar-refractivity contribution in [2.75, 3.05) is 18.0 Å². The van der Waals surface area contributed by atoms with Crippen LogP contribution in [0.5, 0.6) is 0 Å². The Morgan fingerprint density at radius 2 is 2.25 bits per heavy atom. The molecule has 88 valence electrons. The SMILES string of the molecule is CC1CC(C)N(c2ccc(CCN)cn2)C1. The maximum atomic E-state index is 5.52. The number of nitrogens with zero attached hydrogens (tertiary/aromatic N) is 2. The highest BCUT2D eigenvalue weighted by Crippen LogP contribution is 2.27. The number of pyridine rings is 1. The number of anilines is 1. The third-order valence-electron chi connectivity index (χ3n) is 3.32. The van der Waals surface area contributed by atoms with Gasteiger partial charge in [0.25, 0.3) is 0 Å². The van der Waals surface area contributed by atoms with Crippen LogP contribution in [0.4, 0.5) is 5.82 Å². The summed E-state index contributed by atoms with van der Waals surface area (Å²) in [6, 6.07) is 4.88. The van der Waals surface area contributed by atoms with Crippen molar-refractivity contribution in [3.63, 3.8) is 0 Å². The van der Waals surface area contributed by atoms with Crippen LogP contribution >= 0.6 is 0 Å². The molecule has 2 rings (SSSR count). The Labute approximate surface area is 97.7 Å². The Kier molecular flexibility index (Phi) is 3.44. The highest BCUT2D eigenvalue weighted by Gasteiger charge is 2.26. The third-order valence-corrected chi connectivity index (χ3v) is 3.32. The average Bonchev–Trinajstić information content (AvgIpc) is 2.59. The number of hydrogen-bond donors (Lipinski definition) is 1. The highest BCUT2D eigenvalue weighted by molar-refractivity contribution is 5.41. The van der Waals surface area contributed by atoms with Crippen LogP contribution in [0.3, 0.4) is 0 Å². The van der Waals surface area contributed by atoms with Gasteiger partial charge in [-0.05, 0) is 43.9 Å². The van der Waals surface area contributed by atoms with E-state index in [9.17, 15) is 0 Å². The van der Waals surface area contributed by atoms with E-state index >= 15 is 0 Å². The van der Waals surface area contributed by atoms with Gasteiger partial charge in [0.15, 0.2) is 0 Å². The molecule has 1 aliphatic rings. The normalized spacial score (nSPS) is 25.1. The third kappa shape index (κ3) is 2.35. The van der Waals surface area contributed by atoms with Crippen molar-refractivity contribution in [1.29, 1.82) is 0 Å². The van der Waals surface area contributed by atoms with Gasteiger partial charge < -0.3 is 10.6 Å². The molecule has 2 unspecified atom stereocenters. The zero-order chi connectivity index (χ0) is 11.5. The maximum absolute atomic E-state index is 5.52. The Morgan fingerprint density at radius 1 is 1.44 bits per heavy atom. The molecule has 0 amide bonds. The van der Waals surface area contributed by atoms with Gasteiger partial charge >= 0.3 is 0 Å². The molecule has 1 aromatic rings. The standard InChI is InChI=1S/C13H21N3/c1-10-7-11(2)16(9-10)13-4-3-12(5-6-14)8-15-13/h3-4,8,10-11H,5-7,9,14H2,1-2H3. The fraction of sp³-hybridized carbons (Fsp3) is 0.615. The summed E-state index contributed by atoms with van der Waals surface area (Å²) in [6.07, 6.45) is 4.14. The predicted octanol–water partition coefficient (Wildman–Crippen LogP) is 1.82. The lowest BCUT2D eigenvalue weighted by molar-refractivity contribution is 0.625. The molecule has 1 fully saturated rings. The topological polar surface area (TPSA) is 42.1 Å². The molecule has 1 saturated heterocycles. The van der Waals surface area contributed by atoms with Crippen molar-refractivity contribution in [2.45, 2.75) is 32.7 Å². The molecule has 2 atom stereocenters. The van der Waals surface area contributed by atoms with Crippen LogP contribution in [0.25, 0.3) is 0 Å². The first-order valence-electron chi connectivity index (χ1n) is 6.12. The van der Waals surface area contributed by atoms with E-state index in [1.165, 1.54) is 12.0 Å². The molecule has 16 heavy (non-hydrogen) atoms. The molecule has 0 aliphatic carbocycles. The van der Waals surface area contributed by atoms with Crippen molar-refractivity contribution >= 4 is 5.82 Å². The Hall–Kier alpha value is -1.09. The van der Waals surface area contributed by atoms with E-state index in [2.05, 4.69) is 35.9 Å². The van der Waals surface area contributed by atoms with E-state index in [4.69, 9.17) is 5.73 Å². The van der Waals surface area contributed by atoms with Crippen LogP contribution in [0.1, 0.15) is 25.8 Å². The fourth-order valence-electron chi connectivity index (χ4n) is 2.52. The van der Waals surface area contributed by atoms with Crippen LogP contribution in [0.15, 0.2) is 18.3 Å². The van der Waals surface area contributed by atoms with Crippen molar-refractivity contribution in [3.05, 3.63) is 23.9 Å². The molecule has 0 aromatic carbocycles. The minimum atomic E-state index is 0.614. The molecule has 1 aromatic heterocycles. The molecular formula is C13H21N3. The number of hydrogen-bond acceptors (Lipinski definition) is 3. The Bertz CT molecular complexity index is 334. The lowest BCUT2D eigenvalue weighted by Gasteiger charge is -2.22. The highest BCUT2D eigenvalue weighted by atomic mass is 15.2. The molecule has 0 spiro atoms. The van der Waals surface area contributed by atoms with E-state index in [1.807, 2.05) is 6.20 Å². The zero-order valence-electron chi connectivity index (χ0n) is 10.2. The monoisotopic (exact) mass is 219 g/mol. The van der Waals surface area contributed by atoms with Gasteiger partial charge in [-0.25, -0.2) is 4.98 Å². The number of rotatable bonds is 3. The summed E-state index contributed by atoms with van der Waals surface area (Å²) < 4.78 is 0. The lowest BCUT2D eigenvalue weighted by atomic mass is 10.1. The second kappa shape index (κ2) is 4.83. The molecular weight excluding hydrogens is 198 g/mol. The number of nitrogens with two attached hydrogens (primary N) is 1. The van der Waals surface area contributed by atoms with Crippen molar-refractivity contribution < 1.29 is 0 Å². The quantitative estimate of drug-likeness (QED) is 0.843. The predicted molar refractivity (Wildman–Crippen MR) is 67.6 cm³/mol. The largest absolute Gasteiger partial charge is 0.354 e. The van der Waals surface area contributed by atoms with Crippen molar-refractivity contribution in [1.82, 2.24) is 4.98 Å². The minimum Gasteiger partial charge on any atom is -0.354 e. The van der Waals surface area contributed by atoms with Crippen LogP contribution in [-0.4, -0.2) is 24.1 Å². The van der Waals surface area contributed by atoms with Crippen LogP contribution in [-0.2, 0) is 6.42 Å². The summed E-state index contributed by atoms with van der Waals surface area (Å²) in [5.74, 6) is 1.89. The van der Waals surface area contributed by atoms with Gasteiger partial charge in [0.2, 0.25) is 0 Å². The molecule has 0 bridgehead atoms. The van der Waals surface area contributed by atoms with E-state index in [-0.39, 0.29) is 0 Å². The van der Waals surface area contributed by atoms with Gasteiger partial charge in [0.1, 0.15) is 5.82 Å². The molecule has 1 aliphatic heterocycles. The van der Waals surface area contributed by atoms with Crippen molar-refractivity contribution in [2.24, 2.45) is 11.7 Å². The van der Waals surface area contributed by atoms with Crippen molar-refractivity contribution in [3.8, 4) is 0 Å². The lowest BCUT2D eigenvalue weighted by Crippen LogP contribution is -2.27. The molecule has 0 radical (unpaired) electrons. The first-order chi connectivity index (χ1) is 7.70. The van der Waals surface area contributed by atoms with E-state index in [0.717, 1.165) is 24.7 Å². The molecule has 2 heterocycles.